The van der Waals surface area contributed by atoms with Crippen LogP contribution in [0, 0.1) is 5.41 Å². The maximum absolute atomic E-state index is 13.3. The molecule has 2 fully saturated rings. The maximum Gasteiger partial charge on any atom is 0.433 e. The number of likely N-dealkylation sites (tertiary alicyclic amines) is 1. The summed E-state index contributed by atoms with van der Waals surface area (Å²) in [7, 11) is 0. The summed E-state index contributed by atoms with van der Waals surface area (Å²) in [6, 6.07) is 0.949. The van der Waals surface area contributed by atoms with E-state index in [2.05, 4.69) is 5.10 Å². The van der Waals surface area contributed by atoms with Crippen molar-refractivity contribution >= 4 is 5.91 Å². The third kappa shape index (κ3) is 2.74. The van der Waals surface area contributed by atoms with Gasteiger partial charge in [-0.25, -0.2) is 0 Å². The first kappa shape index (κ1) is 16.3. The fourth-order valence-corrected chi connectivity index (χ4v) is 3.61. The van der Waals surface area contributed by atoms with E-state index in [-0.39, 0.29) is 17.4 Å². The van der Waals surface area contributed by atoms with Crippen molar-refractivity contribution in [3.63, 3.8) is 0 Å². The Labute approximate surface area is 133 Å². The molecule has 3 rings (SSSR count). The fraction of sp³-hybridized carbons (Fsp3) is 0.750. The normalized spacial score (nSPS) is 21.3. The van der Waals surface area contributed by atoms with Crippen LogP contribution < -0.4 is 0 Å². The molecule has 23 heavy (non-hydrogen) atoms. The number of carbonyl (C=O) groups is 1. The molecule has 0 aromatic carbocycles. The van der Waals surface area contributed by atoms with Crippen molar-refractivity contribution in [2.45, 2.75) is 58.2 Å². The smallest absolute Gasteiger partial charge is 0.342 e. The Kier molecular flexibility index (Phi) is 3.36. The highest BCUT2D eigenvalue weighted by molar-refractivity contribution is 5.74. The molecule has 0 bridgehead atoms. The van der Waals surface area contributed by atoms with Gasteiger partial charge in [-0.3, -0.25) is 9.48 Å². The van der Waals surface area contributed by atoms with Crippen molar-refractivity contribution in [3.05, 3.63) is 17.5 Å². The molecule has 1 spiro atoms. The van der Waals surface area contributed by atoms with Crippen LogP contribution in [0.15, 0.2) is 6.07 Å². The first-order chi connectivity index (χ1) is 10.4. The number of halogens is 3. The van der Waals surface area contributed by atoms with Gasteiger partial charge in [-0.05, 0) is 18.9 Å². The summed E-state index contributed by atoms with van der Waals surface area (Å²) in [5.74, 6) is 0.0316. The van der Waals surface area contributed by atoms with Gasteiger partial charge < -0.3 is 4.90 Å². The van der Waals surface area contributed by atoms with Gasteiger partial charge in [-0.15, -0.1) is 0 Å². The van der Waals surface area contributed by atoms with E-state index < -0.39 is 17.3 Å². The van der Waals surface area contributed by atoms with Crippen molar-refractivity contribution in [1.29, 1.82) is 0 Å². The molecule has 2 aliphatic rings. The number of nitrogens with zero attached hydrogens (tertiary/aromatic N) is 3. The minimum atomic E-state index is -4.40. The molecule has 0 radical (unpaired) electrons. The molecule has 0 atom stereocenters. The monoisotopic (exact) mass is 329 g/mol. The SMILES string of the molecule is CC(=O)N1CC2(CC(n3nc(C(C)(C)C)cc3C(F)(F)F)C2)C1. The number of alkyl halides is 3. The van der Waals surface area contributed by atoms with Crippen LogP contribution in [0.3, 0.4) is 0 Å². The molecule has 1 amide bonds. The largest absolute Gasteiger partial charge is 0.433 e. The molecule has 128 valence electrons. The minimum absolute atomic E-state index is 0.00700. The van der Waals surface area contributed by atoms with Crippen LogP contribution in [0.4, 0.5) is 13.2 Å². The lowest BCUT2D eigenvalue weighted by molar-refractivity contribution is -0.158. The number of aromatic nitrogens is 2. The summed E-state index contributed by atoms with van der Waals surface area (Å²) in [6.45, 7) is 8.42. The lowest BCUT2D eigenvalue weighted by Crippen LogP contribution is -2.63. The molecular weight excluding hydrogens is 307 g/mol. The molecular formula is C16H22F3N3O. The number of rotatable bonds is 1. The summed E-state index contributed by atoms with van der Waals surface area (Å²) < 4.78 is 41.1. The van der Waals surface area contributed by atoms with Gasteiger partial charge in [0.25, 0.3) is 0 Å². The van der Waals surface area contributed by atoms with Crippen LogP contribution in [-0.2, 0) is 16.4 Å². The summed E-state index contributed by atoms with van der Waals surface area (Å²) in [5.41, 5.74) is -0.614. The van der Waals surface area contributed by atoms with Crippen molar-refractivity contribution in [3.8, 4) is 0 Å². The Morgan fingerprint density at radius 1 is 1.26 bits per heavy atom. The summed E-state index contributed by atoms with van der Waals surface area (Å²) >= 11 is 0. The molecule has 0 N–H and O–H groups in total. The minimum Gasteiger partial charge on any atom is -0.342 e. The lowest BCUT2D eigenvalue weighted by atomic mass is 9.60. The fourth-order valence-electron chi connectivity index (χ4n) is 3.61. The highest BCUT2D eigenvalue weighted by Crippen LogP contribution is 2.55. The molecule has 1 aromatic heterocycles. The van der Waals surface area contributed by atoms with Gasteiger partial charge in [0, 0.05) is 30.8 Å². The Morgan fingerprint density at radius 3 is 2.26 bits per heavy atom. The highest BCUT2D eigenvalue weighted by Gasteiger charge is 2.55. The van der Waals surface area contributed by atoms with Crippen LogP contribution in [0.1, 0.15) is 58.0 Å². The molecule has 0 unspecified atom stereocenters. The van der Waals surface area contributed by atoms with E-state index in [1.807, 2.05) is 20.8 Å². The summed E-state index contributed by atoms with van der Waals surface area (Å²) in [4.78, 5) is 13.0. The van der Waals surface area contributed by atoms with Crippen molar-refractivity contribution < 1.29 is 18.0 Å². The Hall–Kier alpha value is -1.53. The third-order valence-corrected chi connectivity index (χ3v) is 4.98. The van der Waals surface area contributed by atoms with Crippen LogP contribution in [0.2, 0.25) is 0 Å². The quantitative estimate of drug-likeness (QED) is 0.792. The van der Waals surface area contributed by atoms with E-state index >= 15 is 0 Å². The van der Waals surface area contributed by atoms with Crippen molar-refractivity contribution in [2.75, 3.05) is 13.1 Å². The van der Waals surface area contributed by atoms with Crippen LogP contribution in [0.5, 0.6) is 0 Å². The number of amides is 1. The van der Waals surface area contributed by atoms with Crippen molar-refractivity contribution in [2.24, 2.45) is 5.41 Å². The first-order valence-corrected chi connectivity index (χ1v) is 7.84. The predicted octanol–water partition coefficient (Wildman–Crippen LogP) is 3.38. The average Bonchev–Trinajstić information content (AvgIpc) is 2.68. The zero-order chi connectivity index (χ0) is 17.2. The zero-order valence-electron chi connectivity index (χ0n) is 13.9. The molecule has 7 heteroatoms. The molecule has 2 heterocycles. The lowest BCUT2D eigenvalue weighted by Gasteiger charge is -2.58. The number of hydrogen-bond donors (Lipinski definition) is 0. The van der Waals surface area contributed by atoms with E-state index in [4.69, 9.17) is 0 Å². The molecule has 1 aromatic rings. The zero-order valence-corrected chi connectivity index (χ0v) is 13.9. The average molecular weight is 329 g/mol. The Balaban J connectivity index is 1.79. The second-order valence-electron chi connectivity index (χ2n) is 8.04. The molecule has 4 nitrogen and oxygen atoms in total. The molecule has 1 saturated carbocycles. The van der Waals surface area contributed by atoms with Crippen LogP contribution >= 0.6 is 0 Å². The highest BCUT2D eigenvalue weighted by atomic mass is 19.4. The molecule has 1 saturated heterocycles. The van der Waals surface area contributed by atoms with Gasteiger partial charge in [0.15, 0.2) is 0 Å². The predicted molar refractivity (Wildman–Crippen MR) is 78.9 cm³/mol. The Bertz CT molecular complexity index is 628. The molecule has 1 aliphatic carbocycles. The number of hydrogen-bond acceptors (Lipinski definition) is 2. The van der Waals surface area contributed by atoms with Crippen molar-refractivity contribution in [1.82, 2.24) is 14.7 Å². The third-order valence-electron chi connectivity index (χ3n) is 4.98. The van der Waals surface area contributed by atoms with E-state index in [1.165, 1.54) is 17.7 Å². The number of carbonyl (C=O) groups excluding carboxylic acids is 1. The topological polar surface area (TPSA) is 38.1 Å². The Morgan fingerprint density at radius 2 is 1.83 bits per heavy atom. The van der Waals surface area contributed by atoms with E-state index in [1.54, 1.807) is 4.90 Å². The van der Waals surface area contributed by atoms with Crippen LogP contribution in [-0.4, -0.2) is 33.7 Å². The van der Waals surface area contributed by atoms with Gasteiger partial charge in [-0.1, -0.05) is 20.8 Å². The maximum atomic E-state index is 13.3. The second kappa shape index (κ2) is 4.74. The van der Waals surface area contributed by atoms with Gasteiger partial charge in [0.1, 0.15) is 5.69 Å². The summed E-state index contributed by atoms with van der Waals surface area (Å²) in [6.07, 6.45) is -3.08. The second-order valence-corrected chi connectivity index (χ2v) is 8.04. The van der Waals surface area contributed by atoms with Gasteiger partial charge in [-0.2, -0.15) is 18.3 Å². The summed E-state index contributed by atoms with van der Waals surface area (Å²) in [5, 5.41) is 4.26. The standard InChI is InChI=1S/C16H22F3N3O/c1-10(23)21-8-15(9-21)6-11(7-15)22-13(16(17,18)19)5-12(20-22)14(2,3)4/h5,11H,6-9H2,1-4H3. The molecule has 1 aliphatic heterocycles. The van der Waals surface area contributed by atoms with Crippen LogP contribution in [0.25, 0.3) is 0 Å². The first-order valence-electron chi connectivity index (χ1n) is 7.84. The van der Waals surface area contributed by atoms with Gasteiger partial charge >= 0.3 is 6.18 Å². The van der Waals surface area contributed by atoms with Gasteiger partial charge in [0.05, 0.1) is 11.7 Å². The van der Waals surface area contributed by atoms with E-state index in [9.17, 15) is 18.0 Å². The van der Waals surface area contributed by atoms with Gasteiger partial charge in [0.2, 0.25) is 5.91 Å². The van der Waals surface area contributed by atoms with E-state index in [0.29, 0.717) is 31.6 Å². The van der Waals surface area contributed by atoms with E-state index in [0.717, 1.165) is 0 Å².